The summed E-state index contributed by atoms with van der Waals surface area (Å²) in [6.07, 6.45) is 12.6. The van der Waals surface area contributed by atoms with Crippen LogP contribution in [-0.4, -0.2) is 0 Å². The minimum atomic E-state index is 0.187. The molecule has 3 aliphatic rings. The van der Waals surface area contributed by atoms with Gasteiger partial charge in [-0.1, -0.05) is 149 Å². The molecule has 0 N–H and O–H groups in total. The summed E-state index contributed by atoms with van der Waals surface area (Å²) in [6, 6.07) is 32.4. The Morgan fingerprint density at radius 2 is 0.976 bits per heavy atom. The number of hydrogen-bond donors (Lipinski definition) is 0. The van der Waals surface area contributed by atoms with E-state index in [1.165, 1.54) is 81.3 Å². The topological polar surface area (TPSA) is 0 Å². The third-order valence-electron chi connectivity index (χ3n) is 10.2. The first-order valence-corrected chi connectivity index (χ1v) is 15.8. The molecular formula is C41H42. The number of allylic oxidation sites excluding steroid dienone is 2. The SMILES string of the molecule is CC(C)c1cccc(-c2cccc3c2C=C(C2(C4=Cc5c(cccc5-c5cccc(C(C)C)c5)C4)CCCC2)C3)c1. The first-order chi connectivity index (χ1) is 19.9. The lowest BCUT2D eigenvalue weighted by Gasteiger charge is -2.33. The highest BCUT2D eigenvalue weighted by Gasteiger charge is 2.43. The highest BCUT2D eigenvalue weighted by atomic mass is 14.5. The van der Waals surface area contributed by atoms with E-state index in [1.54, 1.807) is 11.1 Å². The first-order valence-electron chi connectivity index (χ1n) is 15.8. The normalized spacial score (nSPS) is 17.1. The van der Waals surface area contributed by atoms with Gasteiger partial charge in [0.05, 0.1) is 0 Å². The van der Waals surface area contributed by atoms with Crippen LogP contribution in [0.3, 0.4) is 0 Å². The molecule has 0 bridgehead atoms. The Hall–Kier alpha value is -3.64. The fourth-order valence-electron chi connectivity index (χ4n) is 7.81. The van der Waals surface area contributed by atoms with Crippen molar-refractivity contribution in [1.29, 1.82) is 0 Å². The van der Waals surface area contributed by atoms with Crippen molar-refractivity contribution in [1.82, 2.24) is 0 Å². The third kappa shape index (κ3) is 4.53. The average Bonchev–Trinajstić information content (AvgIpc) is 3.75. The molecule has 7 rings (SSSR count). The lowest BCUT2D eigenvalue weighted by molar-refractivity contribution is 0.437. The fourth-order valence-corrected chi connectivity index (χ4v) is 7.81. The van der Waals surface area contributed by atoms with Crippen molar-refractivity contribution < 1.29 is 0 Å². The van der Waals surface area contributed by atoms with E-state index in [0.717, 1.165) is 12.8 Å². The van der Waals surface area contributed by atoms with Gasteiger partial charge in [0, 0.05) is 5.41 Å². The second-order valence-electron chi connectivity index (χ2n) is 13.3. The molecule has 4 aromatic rings. The van der Waals surface area contributed by atoms with Crippen LogP contribution >= 0.6 is 0 Å². The minimum Gasteiger partial charge on any atom is -0.0614 e. The van der Waals surface area contributed by atoms with Gasteiger partial charge in [-0.05, 0) is 93.2 Å². The largest absolute Gasteiger partial charge is 0.0614 e. The molecule has 0 unspecified atom stereocenters. The average molecular weight is 535 g/mol. The van der Waals surface area contributed by atoms with Crippen LogP contribution in [0.15, 0.2) is 96.1 Å². The molecule has 0 heteroatoms. The zero-order valence-corrected chi connectivity index (χ0v) is 25.1. The number of hydrogen-bond acceptors (Lipinski definition) is 0. The van der Waals surface area contributed by atoms with E-state index in [9.17, 15) is 0 Å². The van der Waals surface area contributed by atoms with Gasteiger partial charge >= 0.3 is 0 Å². The molecule has 0 spiro atoms. The van der Waals surface area contributed by atoms with Crippen LogP contribution in [0.25, 0.3) is 34.4 Å². The predicted octanol–water partition coefficient (Wildman–Crippen LogP) is 11.4. The third-order valence-corrected chi connectivity index (χ3v) is 10.2. The van der Waals surface area contributed by atoms with Gasteiger partial charge in [0.2, 0.25) is 0 Å². The van der Waals surface area contributed by atoms with Crippen LogP contribution in [0.2, 0.25) is 0 Å². The molecule has 0 atom stereocenters. The Balaban J connectivity index is 1.29. The molecule has 1 saturated carbocycles. The zero-order chi connectivity index (χ0) is 28.1. The summed E-state index contributed by atoms with van der Waals surface area (Å²) in [7, 11) is 0. The molecule has 0 aliphatic heterocycles. The van der Waals surface area contributed by atoms with Gasteiger partial charge in [0.25, 0.3) is 0 Å². The van der Waals surface area contributed by atoms with Gasteiger partial charge in [-0.25, -0.2) is 0 Å². The van der Waals surface area contributed by atoms with Gasteiger partial charge in [-0.15, -0.1) is 0 Å². The Labute approximate surface area is 246 Å². The molecule has 0 aromatic heterocycles. The van der Waals surface area contributed by atoms with E-state index in [0.29, 0.717) is 11.8 Å². The van der Waals surface area contributed by atoms with E-state index in [4.69, 9.17) is 0 Å². The maximum atomic E-state index is 2.61. The molecular weight excluding hydrogens is 492 g/mol. The van der Waals surface area contributed by atoms with Crippen molar-refractivity contribution in [2.24, 2.45) is 5.41 Å². The van der Waals surface area contributed by atoms with Crippen LogP contribution in [0.5, 0.6) is 0 Å². The summed E-state index contributed by atoms with van der Waals surface area (Å²) in [6.45, 7) is 9.15. The smallest absolute Gasteiger partial charge is 0.0134 e. The van der Waals surface area contributed by atoms with Crippen molar-refractivity contribution in [2.75, 3.05) is 0 Å². The molecule has 0 nitrogen and oxygen atoms in total. The first kappa shape index (κ1) is 26.3. The molecule has 4 aromatic carbocycles. The van der Waals surface area contributed by atoms with E-state index >= 15 is 0 Å². The molecule has 0 radical (unpaired) electrons. The van der Waals surface area contributed by atoms with Crippen molar-refractivity contribution in [3.8, 4) is 22.3 Å². The second kappa shape index (κ2) is 10.3. The molecule has 0 heterocycles. The van der Waals surface area contributed by atoms with E-state index in [-0.39, 0.29) is 5.41 Å². The minimum absolute atomic E-state index is 0.187. The molecule has 1 fully saturated rings. The predicted molar refractivity (Wildman–Crippen MR) is 176 cm³/mol. The standard InChI is InChI=1S/C41H42/c1-27(2)29-11-7-13-31(21-29)37-17-9-15-33-23-35(25-39(33)37)41(19-5-6-20-41)36-24-34-16-10-18-38(40(34)26-36)32-14-8-12-30(22-32)28(3)4/h7-18,21-22,25-28H,5-6,19-20,23-24H2,1-4H3. The maximum Gasteiger partial charge on any atom is 0.0134 e. The van der Waals surface area contributed by atoms with Crippen LogP contribution in [-0.2, 0) is 12.8 Å². The van der Waals surface area contributed by atoms with Crippen molar-refractivity contribution in [3.63, 3.8) is 0 Å². The monoisotopic (exact) mass is 534 g/mol. The number of rotatable bonds is 6. The van der Waals surface area contributed by atoms with Crippen molar-refractivity contribution >= 4 is 12.2 Å². The molecule has 3 aliphatic carbocycles. The number of benzene rings is 4. The quantitative estimate of drug-likeness (QED) is 0.231. The van der Waals surface area contributed by atoms with Gasteiger partial charge in [-0.3, -0.25) is 0 Å². The van der Waals surface area contributed by atoms with Gasteiger partial charge in [-0.2, -0.15) is 0 Å². The van der Waals surface area contributed by atoms with E-state index in [2.05, 4.69) is 125 Å². The molecule has 0 saturated heterocycles. The summed E-state index contributed by atoms with van der Waals surface area (Å²) < 4.78 is 0. The van der Waals surface area contributed by atoms with Gasteiger partial charge < -0.3 is 0 Å². The summed E-state index contributed by atoms with van der Waals surface area (Å²) in [4.78, 5) is 0. The highest BCUT2D eigenvalue weighted by Crippen LogP contribution is 2.56. The van der Waals surface area contributed by atoms with Crippen LogP contribution in [0.4, 0.5) is 0 Å². The maximum absolute atomic E-state index is 2.61. The van der Waals surface area contributed by atoms with E-state index in [1.807, 2.05) is 0 Å². The Morgan fingerprint density at radius 3 is 1.41 bits per heavy atom. The molecule has 41 heavy (non-hydrogen) atoms. The number of fused-ring (bicyclic) bond motifs is 2. The summed E-state index contributed by atoms with van der Waals surface area (Å²) >= 11 is 0. The molecule has 206 valence electrons. The van der Waals surface area contributed by atoms with Crippen LogP contribution in [0, 0.1) is 5.41 Å². The Kier molecular flexibility index (Phi) is 6.61. The van der Waals surface area contributed by atoms with Crippen molar-refractivity contribution in [2.45, 2.75) is 78.1 Å². The fraction of sp³-hybridized carbons (Fsp3) is 0.317. The Morgan fingerprint density at radius 1 is 0.537 bits per heavy atom. The van der Waals surface area contributed by atoms with Crippen LogP contribution in [0.1, 0.15) is 98.6 Å². The Bertz CT molecular complexity index is 1560. The van der Waals surface area contributed by atoms with Gasteiger partial charge in [0.15, 0.2) is 0 Å². The van der Waals surface area contributed by atoms with E-state index < -0.39 is 0 Å². The van der Waals surface area contributed by atoms with Crippen molar-refractivity contribution in [3.05, 3.63) is 129 Å². The lowest BCUT2D eigenvalue weighted by atomic mass is 9.71. The zero-order valence-electron chi connectivity index (χ0n) is 25.1. The second-order valence-corrected chi connectivity index (χ2v) is 13.3. The highest BCUT2D eigenvalue weighted by molar-refractivity contribution is 5.85. The van der Waals surface area contributed by atoms with Crippen LogP contribution < -0.4 is 0 Å². The lowest BCUT2D eigenvalue weighted by Crippen LogP contribution is -2.22. The summed E-state index contributed by atoms with van der Waals surface area (Å²) in [5.41, 5.74) is 17.7. The van der Waals surface area contributed by atoms with Gasteiger partial charge in [0.1, 0.15) is 0 Å². The molecule has 0 amide bonds. The summed E-state index contributed by atoms with van der Waals surface area (Å²) in [5.74, 6) is 1.07. The summed E-state index contributed by atoms with van der Waals surface area (Å²) in [5, 5.41) is 0.